The molecule has 0 unspecified atom stereocenters. The fourth-order valence-electron chi connectivity index (χ4n) is 10.9. The Balaban J connectivity index is 0.858. The van der Waals surface area contributed by atoms with Crippen LogP contribution in [0.3, 0.4) is 0 Å². The standard InChI is InChI=1S/C63H45N3/c1-63(2)56-39-48(64-47-23-14-22-46(36-47)54-37-44(41-16-6-3-7-17-41)28-32-50(54)43-20-10-5-11-21-43)30-33-51(56)52-34-31-49(40-57(52)63)65-59-25-12-13-26-60(59)66-58-35-29-45(42-18-8-4-9-19-42)38-55(58)53-24-15-27-61(65)62(53)66/h3-40,64H,1-2H3. The molecule has 2 aliphatic rings. The molecule has 3 heteroatoms. The molecule has 0 spiro atoms. The third-order valence-corrected chi connectivity index (χ3v) is 14.1. The van der Waals surface area contributed by atoms with E-state index in [4.69, 9.17) is 0 Å². The van der Waals surface area contributed by atoms with Crippen molar-refractivity contribution in [3.05, 3.63) is 242 Å². The molecule has 11 aromatic rings. The lowest BCUT2D eigenvalue weighted by Crippen LogP contribution is -2.19. The number of para-hydroxylation sites is 3. The summed E-state index contributed by atoms with van der Waals surface area (Å²) in [6.07, 6.45) is 0. The van der Waals surface area contributed by atoms with Gasteiger partial charge in [0.15, 0.2) is 0 Å². The van der Waals surface area contributed by atoms with Gasteiger partial charge in [-0.2, -0.15) is 0 Å². The number of rotatable bonds is 7. The Morgan fingerprint density at radius 1 is 0.348 bits per heavy atom. The van der Waals surface area contributed by atoms with Gasteiger partial charge in [0.05, 0.1) is 28.1 Å². The van der Waals surface area contributed by atoms with Gasteiger partial charge in [-0.25, -0.2) is 0 Å². The molecule has 0 bridgehead atoms. The van der Waals surface area contributed by atoms with Gasteiger partial charge in [-0.15, -0.1) is 0 Å². The third-order valence-electron chi connectivity index (χ3n) is 14.1. The van der Waals surface area contributed by atoms with Gasteiger partial charge in [0.1, 0.15) is 0 Å². The van der Waals surface area contributed by atoms with E-state index in [2.05, 4.69) is 259 Å². The van der Waals surface area contributed by atoms with Crippen LogP contribution < -0.4 is 10.2 Å². The molecule has 66 heavy (non-hydrogen) atoms. The summed E-state index contributed by atoms with van der Waals surface area (Å²) >= 11 is 0. The summed E-state index contributed by atoms with van der Waals surface area (Å²) in [6, 6.07) is 84.4. The molecule has 1 N–H and O–H groups in total. The minimum absolute atomic E-state index is 0.229. The van der Waals surface area contributed by atoms with E-state index in [0.717, 1.165) is 17.1 Å². The average Bonchev–Trinajstić information content (AvgIpc) is 3.82. The van der Waals surface area contributed by atoms with Crippen molar-refractivity contribution in [1.82, 2.24) is 4.57 Å². The predicted octanol–water partition coefficient (Wildman–Crippen LogP) is 17.3. The Morgan fingerprint density at radius 3 is 1.68 bits per heavy atom. The minimum Gasteiger partial charge on any atom is -0.356 e. The molecule has 13 rings (SSSR count). The highest BCUT2D eigenvalue weighted by molar-refractivity contribution is 6.17. The van der Waals surface area contributed by atoms with Crippen LogP contribution in [0, 0.1) is 0 Å². The zero-order chi connectivity index (χ0) is 43.9. The molecular formula is C63H45N3. The highest BCUT2D eigenvalue weighted by Crippen LogP contribution is 2.54. The number of hydrogen-bond donors (Lipinski definition) is 1. The maximum atomic E-state index is 3.82. The highest BCUT2D eigenvalue weighted by atomic mass is 15.2. The van der Waals surface area contributed by atoms with E-state index in [1.165, 1.54) is 106 Å². The summed E-state index contributed by atoms with van der Waals surface area (Å²) in [5.74, 6) is 0. The van der Waals surface area contributed by atoms with Crippen LogP contribution in [0.25, 0.3) is 83.1 Å². The normalized spacial score (nSPS) is 13.1. The number of benzene rings is 10. The van der Waals surface area contributed by atoms with E-state index in [9.17, 15) is 0 Å². The lowest BCUT2D eigenvalue weighted by molar-refractivity contribution is 0.660. The first-order chi connectivity index (χ1) is 32.5. The van der Waals surface area contributed by atoms with Crippen LogP contribution >= 0.6 is 0 Å². The molecule has 2 heterocycles. The Hall–Kier alpha value is -8.40. The Morgan fingerprint density at radius 2 is 0.924 bits per heavy atom. The molecule has 1 aliphatic carbocycles. The smallest absolute Gasteiger partial charge is 0.0783 e. The van der Waals surface area contributed by atoms with Gasteiger partial charge in [0.25, 0.3) is 0 Å². The molecule has 1 aromatic heterocycles. The maximum Gasteiger partial charge on any atom is 0.0783 e. The summed E-state index contributed by atoms with van der Waals surface area (Å²) in [7, 11) is 0. The largest absolute Gasteiger partial charge is 0.356 e. The molecule has 0 atom stereocenters. The Kier molecular flexibility index (Phi) is 8.56. The Labute approximate surface area is 385 Å². The number of nitrogens with one attached hydrogen (secondary N) is 1. The van der Waals surface area contributed by atoms with Crippen LogP contribution in [0.5, 0.6) is 0 Å². The van der Waals surface area contributed by atoms with E-state index >= 15 is 0 Å². The second kappa shape index (κ2) is 14.8. The summed E-state index contributed by atoms with van der Waals surface area (Å²) in [5.41, 5.74) is 24.0. The van der Waals surface area contributed by atoms with Crippen LogP contribution in [-0.2, 0) is 5.41 Å². The van der Waals surface area contributed by atoms with E-state index in [1.54, 1.807) is 0 Å². The Bertz CT molecular complexity index is 3690. The monoisotopic (exact) mass is 843 g/mol. The highest BCUT2D eigenvalue weighted by Gasteiger charge is 2.37. The lowest BCUT2D eigenvalue weighted by Gasteiger charge is -2.34. The van der Waals surface area contributed by atoms with Crippen LogP contribution in [0.15, 0.2) is 231 Å². The fraction of sp³-hybridized carbons (Fsp3) is 0.0476. The molecular weight excluding hydrogens is 799 g/mol. The van der Waals surface area contributed by atoms with Crippen molar-refractivity contribution in [1.29, 1.82) is 0 Å². The van der Waals surface area contributed by atoms with E-state index in [-0.39, 0.29) is 5.41 Å². The van der Waals surface area contributed by atoms with Crippen molar-refractivity contribution in [2.45, 2.75) is 19.3 Å². The van der Waals surface area contributed by atoms with Crippen molar-refractivity contribution in [2.75, 3.05) is 10.2 Å². The molecule has 312 valence electrons. The van der Waals surface area contributed by atoms with Gasteiger partial charge in [-0.1, -0.05) is 172 Å². The van der Waals surface area contributed by atoms with Crippen LogP contribution in [0.2, 0.25) is 0 Å². The summed E-state index contributed by atoms with van der Waals surface area (Å²) in [6.45, 7) is 4.76. The molecule has 0 amide bonds. The number of fused-ring (bicyclic) bond motifs is 8. The molecule has 0 fully saturated rings. The zero-order valence-electron chi connectivity index (χ0n) is 36.8. The SMILES string of the molecule is CC1(C)c2cc(Nc3cccc(-c4cc(-c5ccccc5)ccc4-c4ccccc4)c3)ccc2-c2ccc(N3c4ccccc4-n4c5ccc(-c6ccccc6)cc5c5cccc3c54)cc21. The topological polar surface area (TPSA) is 20.2 Å². The first-order valence-electron chi connectivity index (χ1n) is 22.9. The molecule has 0 radical (unpaired) electrons. The average molecular weight is 844 g/mol. The van der Waals surface area contributed by atoms with Gasteiger partial charge in [-0.05, 0) is 140 Å². The van der Waals surface area contributed by atoms with E-state index in [1.807, 2.05) is 0 Å². The zero-order valence-corrected chi connectivity index (χ0v) is 36.8. The van der Waals surface area contributed by atoms with Gasteiger partial charge >= 0.3 is 0 Å². The van der Waals surface area contributed by atoms with Crippen molar-refractivity contribution >= 4 is 50.2 Å². The number of hydrogen-bond acceptors (Lipinski definition) is 2. The van der Waals surface area contributed by atoms with Gasteiger partial charge in [0, 0.05) is 33.2 Å². The molecule has 0 saturated heterocycles. The molecule has 1 aliphatic heterocycles. The van der Waals surface area contributed by atoms with Crippen molar-refractivity contribution in [3.8, 4) is 61.3 Å². The number of aromatic nitrogens is 1. The quantitative estimate of drug-likeness (QED) is 0.172. The van der Waals surface area contributed by atoms with Gasteiger partial charge < -0.3 is 14.8 Å². The van der Waals surface area contributed by atoms with E-state index in [0.29, 0.717) is 0 Å². The summed E-state index contributed by atoms with van der Waals surface area (Å²) in [5, 5.41) is 6.35. The third kappa shape index (κ3) is 5.97. The number of nitrogens with zero attached hydrogens (tertiary/aromatic N) is 2. The predicted molar refractivity (Wildman–Crippen MR) is 278 cm³/mol. The molecule has 10 aromatic carbocycles. The van der Waals surface area contributed by atoms with Crippen LogP contribution in [0.1, 0.15) is 25.0 Å². The molecule has 3 nitrogen and oxygen atoms in total. The van der Waals surface area contributed by atoms with Gasteiger partial charge in [0.2, 0.25) is 0 Å². The lowest BCUT2D eigenvalue weighted by atomic mass is 9.82. The fourth-order valence-corrected chi connectivity index (χ4v) is 10.9. The van der Waals surface area contributed by atoms with Gasteiger partial charge in [-0.3, -0.25) is 0 Å². The second-order valence-corrected chi connectivity index (χ2v) is 18.2. The number of anilines is 5. The van der Waals surface area contributed by atoms with Crippen molar-refractivity contribution in [3.63, 3.8) is 0 Å². The summed E-state index contributed by atoms with van der Waals surface area (Å²) < 4.78 is 2.47. The minimum atomic E-state index is -0.229. The van der Waals surface area contributed by atoms with Crippen molar-refractivity contribution in [2.24, 2.45) is 0 Å². The van der Waals surface area contributed by atoms with Crippen molar-refractivity contribution < 1.29 is 0 Å². The van der Waals surface area contributed by atoms with Crippen LogP contribution in [0.4, 0.5) is 28.4 Å². The second-order valence-electron chi connectivity index (χ2n) is 18.2. The maximum absolute atomic E-state index is 3.82. The summed E-state index contributed by atoms with van der Waals surface area (Å²) in [4.78, 5) is 2.48. The first-order valence-corrected chi connectivity index (χ1v) is 22.9. The van der Waals surface area contributed by atoms with Crippen LogP contribution in [-0.4, -0.2) is 4.57 Å². The van der Waals surface area contributed by atoms with E-state index < -0.39 is 0 Å². The molecule has 0 saturated carbocycles. The first kappa shape index (κ1) is 38.1.